The fourth-order valence-corrected chi connectivity index (χ4v) is 6.57. The van der Waals surface area contributed by atoms with Gasteiger partial charge in [-0.15, -0.1) is 0 Å². The molecule has 214 valence electrons. The molecular formula is C30H32N4O7. The molecule has 11 heteroatoms. The van der Waals surface area contributed by atoms with Crippen LogP contribution >= 0.6 is 0 Å². The number of carbonyl (C=O) groups is 1. The van der Waals surface area contributed by atoms with E-state index in [-0.39, 0.29) is 29.3 Å². The molecule has 0 amide bonds. The van der Waals surface area contributed by atoms with Crippen molar-refractivity contribution in [2.24, 2.45) is 20.0 Å². The van der Waals surface area contributed by atoms with Gasteiger partial charge in [-0.25, -0.2) is 4.79 Å². The lowest BCUT2D eigenvalue weighted by Gasteiger charge is -2.42. The molecule has 0 unspecified atom stereocenters. The van der Waals surface area contributed by atoms with Crippen LogP contribution in [0.3, 0.4) is 0 Å². The molecule has 6 rings (SSSR count). The van der Waals surface area contributed by atoms with Crippen LogP contribution in [-0.4, -0.2) is 49.9 Å². The van der Waals surface area contributed by atoms with Gasteiger partial charge in [0.05, 0.1) is 37.0 Å². The van der Waals surface area contributed by atoms with E-state index in [9.17, 15) is 24.3 Å². The predicted octanol–water partition coefficient (Wildman–Crippen LogP) is 2.01. The third-order valence-corrected chi connectivity index (χ3v) is 8.55. The zero-order valence-electron chi connectivity index (χ0n) is 23.2. The Labute approximate surface area is 234 Å². The van der Waals surface area contributed by atoms with Gasteiger partial charge in [0.2, 0.25) is 11.2 Å². The average Bonchev–Trinajstić information content (AvgIpc) is 3.17. The number of aromatic hydroxyl groups is 1. The average molecular weight is 561 g/mol. The number of aromatic nitrogens is 3. The third-order valence-electron chi connectivity index (χ3n) is 8.55. The Hall–Kier alpha value is -4.38. The number of imidazole rings is 1. The van der Waals surface area contributed by atoms with Gasteiger partial charge in [0.1, 0.15) is 5.76 Å². The fraction of sp³-hybridized carbons (Fsp3) is 0.400. The summed E-state index contributed by atoms with van der Waals surface area (Å²) in [6.45, 7) is 2.42. The Bertz CT molecular complexity index is 1850. The Kier molecular flexibility index (Phi) is 6.69. The van der Waals surface area contributed by atoms with Crippen molar-refractivity contribution in [2.45, 2.75) is 37.8 Å². The number of aryl methyl sites for hydroxylation is 2. The summed E-state index contributed by atoms with van der Waals surface area (Å²) in [6, 6.07) is 12.0. The number of benzene rings is 1. The summed E-state index contributed by atoms with van der Waals surface area (Å²) in [7, 11) is 4.61. The molecule has 3 aromatic heterocycles. The van der Waals surface area contributed by atoms with Crippen LogP contribution in [0.2, 0.25) is 0 Å². The molecule has 2 aliphatic rings. The second-order valence-electron chi connectivity index (χ2n) is 11.2. The normalized spacial score (nSPS) is 19.2. The van der Waals surface area contributed by atoms with Gasteiger partial charge in [0.15, 0.2) is 5.76 Å². The van der Waals surface area contributed by atoms with Crippen molar-refractivity contribution >= 4 is 17.0 Å². The molecule has 1 aromatic carbocycles. The number of likely N-dealkylation sites (tertiary alicyclic amines) is 1. The molecular weight excluding hydrogens is 528 g/mol. The first-order chi connectivity index (χ1) is 19.6. The fourth-order valence-electron chi connectivity index (χ4n) is 6.57. The molecule has 0 radical (unpaired) electrons. The van der Waals surface area contributed by atoms with Gasteiger partial charge < -0.3 is 18.8 Å². The SMILES string of the molecule is COC(=O)C[C@H](c1ccc2c(c1)n(C)c(=O)n2C)c1oc(CN2C[C@H]3C[C@@H](C2)c2cccc(=O)n2C3)cc(=O)c1O. The number of nitrogens with zero attached hydrogens (tertiary/aromatic N) is 4. The van der Waals surface area contributed by atoms with Crippen molar-refractivity contribution in [2.75, 3.05) is 20.2 Å². The molecule has 2 aliphatic heterocycles. The summed E-state index contributed by atoms with van der Waals surface area (Å²) in [5.74, 6) is -1.09. The number of hydrogen-bond acceptors (Lipinski definition) is 8. The standard InChI is InChI=1S/C30H32N4O7/c1-31-23-8-7-18(10-24(23)32(2)30(31)39)21(12-27(37)40-3)29-28(38)25(35)11-20(41-29)16-33-13-17-9-19(15-33)22-5-4-6-26(36)34(22)14-17/h4-8,10-11,17,19,21,38H,9,12-16H2,1-3H3/t17-,19+,21-/m1/s1. The maximum absolute atomic E-state index is 13.0. The maximum atomic E-state index is 13.0. The summed E-state index contributed by atoms with van der Waals surface area (Å²) in [5.41, 5.74) is 2.18. The molecule has 2 bridgehead atoms. The number of pyridine rings is 1. The second-order valence-corrected chi connectivity index (χ2v) is 11.2. The lowest BCUT2D eigenvalue weighted by Crippen LogP contribution is -2.46. The van der Waals surface area contributed by atoms with Crippen molar-refractivity contribution in [3.05, 3.63) is 96.3 Å². The highest BCUT2D eigenvalue weighted by Gasteiger charge is 2.35. The first kappa shape index (κ1) is 26.8. The van der Waals surface area contributed by atoms with E-state index in [4.69, 9.17) is 9.15 Å². The van der Waals surface area contributed by atoms with Gasteiger partial charge in [-0.05, 0) is 36.1 Å². The highest BCUT2D eigenvalue weighted by molar-refractivity contribution is 5.78. The molecule has 0 aliphatic carbocycles. The van der Waals surface area contributed by atoms with E-state index in [0.717, 1.165) is 18.7 Å². The number of methoxy groups -OCH3 is 1. The molecule has 4 aromatic rings. The first-order valence-electron chi connectivity index (χ1n) is 13.6. The number of esters is 1. The largest absolute Gasteiger partial charge is 0.502 e. The zero-order valence-corrected chi connectivity index (χ0v) is 23.2. The van der Waals surface area contributed by atoms with Gasteiger partial charge in [-0.2, -0.15) is 0 Å². The highest BCUT2D eigenvalue weighted by Crippen LogP contribution is 2.37. The van der Waals surface area contributed by atoms with Gasteiger partial charge >= 0.3 is 11.7 Å². The molecule has 1 N–H and O–H groups in total. The molecule has 3 atom stereocenters. The molecule has 41 heavy (non-hydrogen) atoms. The Morgan fingerprint density at radius 3 is 2.61 bits per heavy atom. The van der Waals surface area contributed by atoms with Crippen LogP contribution in [0.5, 0.6) is 5.75 Å². The number of hydrogen-bond donors (Lipinski definition) is 1. The topological polar surface area (TPSA) is 129 Å². The molecule has 5 heterocycles. The number of piperidine rings is 1. The molecule has 1 saturated heterocycles. The summed E-state index contributed by atoms with van der Waals surface area (Å²) in [4.78, 5) is 52.5. The van der Waals surface area contributed by atoms with Gasteiger partial charge in [0.25, 0.3) is 5.56 Å². The van der Waals surface area contributed by atoms with Crippen LogP contribution in [0.25, 0.3) is 11.0 Å². The van der Waals surface area contributed by atoms with Crippen molar-refractivity contribution in [3.63, 3.8) is 0 Å². The molecule has 11 nitrogen and oxygen atoms in total. The lowest BCUT2D eigenvalue weighted by molar-refractivity contribution is -0.140. The smallest absolute Gasteiger partial charge is 0.328 e. The van der Waals surface area contributed by atoms with Crippen LogP contribution in [-0.2, 0) is 36.7 Å². The van der Waals surface area contributed by atoms with Crippen LogP contribution in [0.15, 0.2) is 61.3 Å². The van der Waals surface area contributed by atoms with E-state index in [2.05, 4.69) is 4.90 Å². The van der Waals surface area contributed by atoms with Crippen molar-refractivity contribution in [1.29, 1.82) is 0 Å². The quantitative estimate of drug-likeness (QED) is 0.355. The number of fused-ring (bicyclic) bond motifs is 5. The monoisotopic (exact) mass is 560 g/mol. The maximum Gasteiger partial charge on any atom is 0.328 e. The van der Waals surface area contributed by atoms with E-state index in [1.165, 1.54) is 22.3 Å². The summed E-state index contributed by atoms with van der Waals surface area (Å²) in [5, 5.41) is 10.9. The van der Waals surface area contributed by atoms with Gasteiger partial charge in [-0.3, -0.25) is 28.4 Å². The number of ether oxygens (including phenoxy) is 1. The van der Waals surface area contributed by atoms with Crippen molar-refractivity contribution in [1.82, 2.24) is 18.6 Å². The van der Waals surface area contributed by atoms with Gasteiger partial charge in [-0.1, -0.05) is 12.1 Å². The van der Waals surface area contributed by atoms with Crippen LogP contribution in [0, 0.1) is 5.92 Å². The summed E-state index contributed by atoms with van der Waals surface area (Å²) >= 11 is 0. The minimum absolute atomic E-state index is 0.0187. The van der Waals surface area contributed by atoms with E-state index in [1.807, 2.05) is 10.6 Å². The molecule has 1 fully saturated rings. The van der Waals surface area contributed by atoms with Crippen LogP contribution < -0.4 is 16.7 Å². The van der Waals surface area contributed by atoms with Crippen molar-refractivity contribution in [3.8, 4) is 5.75 Å². The second kappa shape index (κ2) is 10.2. The summed E-state index contributed by atoms with van der Waals surface area (Å²) in [6.07, 6.45) is 0.818. The van der Waals surface area contributed by atoms with Crippen LogP contribution in [0.1, 0.15) is 47.5 Å². The first-order valence-corrected chi connectivity index (χ1v) is 13.6. The lowest BCUT2D eigenvalue weighted by atomic mass is 9.83. The Morgan fingerprint density at radius 2 is 1.83 bits per heavy atom. The molecule has 0 spiro atoms. The van der Waals surface area contributed by atoms with E-state index >= 15 is 0 Å². The van der Waals surface area contributed by atoms with Crippen molar-refractivity contribution < 1.29 is 19.1 Å². The third kappa shape index (κ3) is 4.69. The molecule has 0 saturated carbocycles. The minimum atomic E-state index is -0.825. The van der Waals surface area contributed by atoms with E-state index in [0.29, 0.717) is 47.9 Å². The Balaban J connectivity index is 1.36. The van der Waals surface area contributed by atoms with Crippen LogP contribution in [0.4, 0.5) is 0 Å². The Morgan fingerprint density at radius 1 is 1.05 bits per heavy atom. The number of carbonyl (C=O) groups excluding carboxylic acids is 1. The van der Waals surface area contributed by atoms with E-state index in [1.54, 1.807) is 44.4 Å². The minimum Gasteiger partial charge on any atom is -0.502 e. The van der Waals surface area contributed by atoms with Gasteiger partial charge in [0, 0.05) is 57.5 Å². The van der Waals surface area contributed by atoms with E-state index < -0.39 is 23.1 Å². The predicted molar refractivity (Wildman–Crippen MR) is 150 cm³/mol. The number of rotatable bonds is 6. The summed E-state index contributed by atoms with van der Waals surface area (Å²) < 4.78 is 16.0. The zero-order chi connectivity index (χ0) is 29.0. The highest BCUT2D eigenvalue weighted by atomic mass is 16.5.